The molecule has 0 atom stereocenters. The van der Waals surface area contributed by atoms with Gasteiger partial charge in [0.1, 0.15) is 5.82 Å². The number of carboxylic acid groups (broad SMARTS) is 1. The Morgan fingerprint density at radius 3 is 2.68 bits per heavy atom. The average Bonchev–Trinajstić information content (AvgIpc) is 2.76. The molecule has 19 heavy (non-hydrogen) atoms. The third-order valence-electron chi connectivity index (χ3n) is 2.44. The van der Waals surface area contributed by atoms with Gasteiger partial charge in [0.2, 0.25) is 5.76 Å². The standard InChI is InChI=1S/C12H9FO5S/c13-9-2-1-3-10(6-9)19(16,17)7-8-4-5-18-11(8)12(14)15/h1-6H,7H2,(H,14,15). The number of furan rings is 1. The molecule has 0 unspecified atom stereocenters. The minimum atomic E-state index is -3.83. The van der Waals surface area contributed by atoms with Crippen molar-refractivity contribution in [2.45, 2.75) is 10.6 Å². The van der Waals surface area contributed by atoms with Crippen molar-refractivity contribution in [3.8, 4) is 0 Å². The number of aromatic carboxylic acids is 1. The molecular weight excluding hydrogens is 275 g/mol. The molecule has 2 rings (SSSR count). The lowest BCUT2D eigenvalue weighted by atomic mass is 10.3. The summed E-state index contributed by atoms with van der Waals surface area (Å²) in [6.45, 7) is 0. The molecule has 1 aromatic carbocycles. The average molecular weight is 284 g/mol. The van der Waals surface area contributed by atoms with Gasteiger partial charge in [-0.1, -0.05) is 6.07 Å². The van der Waals surface area contributed by atoms with E-state index in [4.69, 9.17) is 9.52 Å². The molecule has 0 bridgehead atoms. The van der Waals surface area contributed by atoms with Crippen molar-refractivity contribution in [2.75, 3.05) is 0 Å². The van der Waals surface area contributed by atoms with E-state index in [1.165, 1.54) is 18.2 Å². The van der Waals surface area contributed by atoms with Gasteiger partial charge in [-0.15, -0.1) is 0 Å². The van der Waals surface area contributed by atoms with Gasteiger partial charge >= 0.3 is 5.97 Å². The Morgan fingerprint density at radius 1 is 1.32 bits per heavy atom. The third kappa shape index (κ3) is 2.82. The first-order chi connectivity index (χ1) is 8.90. The van der Waals surface area contributed by atoms with Crippen molar-refractivity contribution in [3.63, 3.8) is 0 Å². The number of sulfone groups is 1. The van der Waals surface area contributed by atoms with Crippen LogP contribution < -0.4 is 0 Å². The summed E-state index contributed by atoms with van der Waals surface area (Å²) in [5, 5.41) is 8.82. The smallest absolute Gasteiger partial charge is 0.372 e. The summed E-state index contributed by atoms with van der Waals surface area (Å²) >= 11 is 0. The highest BCUT2D eigenvalue weighted by atomic mass is 32.2. The van der Waals surface area contributed by atoms with E-state index in [-0.39, 0.29) is 10.5 Å². The number of carbonyl (C=O) groups is 1. The Kier molecular flexibility index (Phi) is 3.39. The molecule has 0 aliphatic carbocycles. The molecular formula is C12H9FO5S. The SMILES string of the molecule is O=C(O)c1occc1CS(=O)(=O)c1cccc(F)c1. The summed E-state index contributed by atoms with van der Waals surface area (Å²) in [6, 6.07) is 5.80. The molecule has 0 radical (unpaired) electrons. The first-order valence-electron chi connectivity index (χ1n) is 5.18. The molecule has 0 aliphatic heterocycles. The molecule has 2 aromatic rings. The number of halogens is 1. The Labute approximate surface area is 108 Å². The largest absolute Gasteiger partial charge is 0.475 e. The van der Waals surface area contributed by atoms with Gasteiger partial charge in [0.15, 0.2) is 9.84 Å². The first-order valence-corrected chi connectivity index (χ1v) is 6.83. The van der Waals surface area contributed by atoms with Crippen LogP contribution in [0.4, 0.5) is 4.39 Å². The van der Waals surface area contributed by atoms with Crippen molar-refractivity contribution in [3.05, 3.63) is 53.7 Å². The second-order valence-electron chi connectivity index (χ2n) is 3.80. The second kappa shape index (κ2) is 4.85. The number of benzene rings is 1. The van der Waals surface area contributed by atoms with Crippen molar-refractivity contribution < 1.29 is 27.1 Å². The minimum Gasteiger partial charge on any atom is -0.475 e. The van der Waals surface area contributed by atoms with Gasteiger partial charge in [-0.05, 0) is 24.3 Å². The van der Waals surface area contributed by atoms with E-state index in [2.05, 4.69) is 0 Å². The predicted molar refractivity (Wildman–Crippen MR) is 63.0 cm³/mol. The van der Waals surface area contributed by atoms with Crippen LogP contribution >= 0.6 is 0 Å². The van der Waals surface area contributed by atoms with Crippen LogP contribution in [0.3, 0.4) is 0 Å². The van der Waals surface area contributed by atoms with Crippen molar-refractivity contribution in [1.29, 1.82) is 0 Å². The molecule has 5 nitrogen and oxygen atoms in total. The summed E-state index contributed by atoms with van der Waals surface area (Å²) < 4.78 is 41.8. The van der Waals surface area contributed by atoms with E-state index in [0.717, 1.165) is 18.4 Å². The van der Waals surface area contributed by atoms with Crippen LogP contribution in [-0.4, -0.2) is 19.5 Å². The number of hydrogen-bond acceptors (Lipinski definition) is 4. The third-order valence-corrected chi connectivity index (χ3v) is 4.10. The van der Waals surface area contributed by atoms with Crippen LogP contribution in [0.1, 0.15) is 16.1 Å². The lowest BCUT2D eigenvalue weighted by molar-refractivity contribution is 0.0661. The normalized spacial score (nSPS) is 11.4. The Balaban J connectivity index is 2.37. The molecule has 7 heteroatoms. The zero-order valence-corrected chi connectivity index (χ0v) is 10.4. The van der Waals surface area contributed by atoms with Crippen LogP contribution in [0.2, 0.25) is 0 Å². The van der Waals surface area contributed by atoms with E-state index < -0.39 is 33.1 Å². The van der Waals surface area contributed by atoms with Gasteiger partial charge in [-0.25, -0.2) is 17.6 Å². The highest BCUT2D eigenvalue weighted by molar-refractivity contribution is 7.90. The van der Waals surface area contributed by atoms with Crippen molar-refractivity contribution in [2.24, 2.45) is 0 Å². The minimum absolute atomic E-state index is 0.0248. The highest BCUT2D eigenvalue weighted by Gasteiger charge is 2.22. The topological polar surface area (TPSA) is 84.6 Å². The van der Waals surface area contributed by atoms with Gasteiger partial charge < -0.3 is 9.52 Å². The lowest BCUT2D eigenvalue weighted by Crippen LogP contribution is -2.08. The maximum atomic E-state index is 13.0. The summed E-state index contributed by atoms with van der Waals surface area (Å²) in [5.41, 5.74) is 0.0248. The van der Waals surface area contributed by atoms with Crippen LogP contribution in [-0.2, 0) is 15.6 Å². The monoisotopic (exact) mass is 284 g/mol. The number of hydrogen-bond donors (Lipinski definition) is 1. The predicted octanol–water partition coefficient (Wildman–Crippen LogP) is 2.09. The van der Waals surface area contributed by atoms with Gasteiger partial charge in [0.05, 0.1) is 16.9 Å². The maximum Gasteiger partial charge on any atom is 0.372 e. The van der Waals surface area contributed by atoms with Crippen LogP contribution in [0, 0.1) is 5.82 Å². The van der Waals surface area contributed by atoms with Crippen LogP contribution in [0.25, 0.3) is 0 Å². The fourth-order valence-corrected chi connectivity index (χ4v) is 2.97. The quantitative estimate of drug-likeness (QED) is 0.929. The van der Waals surface area contributed by atoms with Gasteiger partial charge in [0.25, 0.3) is 0 Å². The molecule has 0 amide bonds. The first kappa shape index (κ1) is 13.3. The van der Waals surface area contributed by atoms with Gasteiger partial charge in [-0.3, -0.25) is 0 Å². The molecule has 0 fully saturated rings. The van der Waals surface area contributed by atoms with E-state index in [0.29, 0.717) is 0 Å². The molecule has 1 N–H and O–H groups in total. The molecule has 0 aliphatic rings. The summed E-state index contributed by atoms with van der Waals surface area (Å²) in [6.07, 6.45) is 1.10. The zero-order chi connectivity index (χ0) is 14.0. The van der Waals surface area contributed by atoms with Crippen molar-refractivity contribution >= 4 is 15.8 Å². The van der Waals surface area contributed by atoms with E-state index in [1.807, 2.05) is 0 Å². The molecule has 1 aromatic heterocycles. The molecule has 0 saturated heterocycles. The van der Waals surface area contributed by atoms with Crippen molar-refractivity contribution in [1.82, 2.24) is 0 Å². The number of rotatable bonds is 4. The van der Waals surface area contributed by atoms with E-state index in [9.17, 15) is 17.6 Å². The van der Waals surface area contributed by atoms with Gasteiger partial charge in [-0.2, -0.15) is 0 Å². The summed E-state index contributed by atoms with van der Waals surface area (Å²) in [4.78, 5) is 10.6. The van der Waals surface area contributed by atoms with E-state index >= 15 is 0 Å². The number of carboxylic acids is 1. The lowest BCUT2D eigenvalue weighted by Gasteiger charge is -2.03. The maximum absolute atomic E-state index is 13.0. The summed E-state index contributed by atoms with van der Waals surface area (Å²) in [5.74, 6) is -3.02. The Morgan fingerprint density at radius 2 is 2.05 bits per heavy atom. The highest BCUT2D eigenvalue weighted by Crippen LogP contribution is 2.20. The second-order valence-corrected chi connectivity index (χ2v) is 5.79. The van der Waals surface area contributed by atoms with Crippen LogP contribution in [0.15, 0.2) is 45.9 Å². The fourth-order valence-electron chi connectivity index (χ4n) is 1.59. The molecule has 0 saturated carbocycles. The molecule has 1 heterocycles. The fraction of sp³-hybridized carbons (Fsp3) is 0.0833. The van der Waals surface area contributed by atoms with E-state index in [1.54, 1.807) is 0 Å². The van der Waals surface area contributed by atoms with Crippen LogP contribution in [0.5, 0.6) is 0 Å². The Hall–Kier alpha value is -2.15. The molecule has 100 valence electrons. The summed E-state index contributed by atoms with van der Waals surface area (Å²) in [7, 11) is -3.83. The zero-order valence-electron chi connectivity index (χ0n) is 9.54. The Bertz CT molecular complexity index is 717. The van der Waals surface area contributed by atoms with Gasteiger partial charge in [0, 0.05) is 5.56 Å². The molecule has 0 spiro atoms.